The number of nitrogens with one attached hydrogen (secondary N) is 1. The Morgan fingerprint density at radius 2 is 2.45 bits per heavy atom. The molecule has 0 bridgehead atoms. The summed E-state index contributed by atoms with van der Waals surface area (Å²) >= 11 is 0. The molecule has 3 rings (SSSR count). The standard InChI is InChI=1S/C14H19N5O/c1-11-8-16-17-14(11)12-2-6-19(9-12)13(20)3-5-18-7-4-15-10-18/h4,7-8,10,12H,2-3,5-6,9H2,1H3,(H,16,17)/t12-/m1/s1. The van der Waals surface area contributed by atoms with E-state index in [2.05, 4.69) is 22.1 Å². The van der Waals surface area contributed by atoms with Crippen molar-refractivity contribution in [2.75, 3.05) is 13.1 Å². The Bertz CT molecular complexity index is 574. The molecule has 2 aromatic heterocycles. The average molecular weight is 273 g/mol. The zero-order valence-electron chi connectivity index (χ0n) is 11.6. The van der Waals surface area contributed by atoms with Gasteiger partial charge in [0.1, 0.15) is 0 Å². The van der Waals surface area contributed by atoms with Crippen molar-refractivity contribution in [1.82, 2.24) is 24.6 Å². The van der Waals surface area contributed by atoms with E-state index in [-0.39, 0.29) is 5.91 Å². The second-order valence-electron chi connectivity index (χ2n) is 5.34. The van der Waals surface area contributed by atoms with Gasteiger partial charge in [-0.1, -0.05) is 0 Å². The number of rotatable bonds is 4. The highest BCUT2D eigenvalue weighted by Crippen LogP contribution is 2.27. The van der Waals surface area contributed by atoms with E-state index < -0.39 is 0 Å². The van der Waals surface area contributed by atoms with Gasteiger partial charge in [0, 0.05) is 50.1 Å². The molecule has 106 valence electrons. The maximum absolute atomic E-state index is 12.2. The van der Waals surface area contributed by atoms with E-state index in [0.29, 0.717) is 18.9 Å². The highest BCUT2D eigenvalue weighted by atomic mass is 16.2. The summed E-state index contributed by atoms with van der Waals surface area (Å²) in [4.78, 5) is 18.1. The normalized spacial score (nSPS) is 18.6. The third kappa shape index (κ3) is 2.59. The van der Waals surface area contributed by atoms with Crippen molar-refractivity contribution in [2.24, 2.45) is 0 Å². The lowest BCUT2D eigenvalue weighted by atomic mass is 10.0. The monoisotopic (exact) mass is 273 g/mol. The lowest BCUT2D eigenvalue weighted by Gasteiger charge is -2.16. The molecule has 20 heavy (non-hydrogen) atoms. The Labute approximate surface area is 117 Å². The van der Waals surface area contributed by atoms with Gasteiger partial charge in [-0.05, 0) is 18.9 Å². The number of aryl methyl sites for hydroxylation is 2. The zero-order chi connectivity index (χ0) is 13.9. The van der Waals surface area contributed by atoms with Crippen molar-refractivity contribution in [3.63, 3.8) is 0 Å². The van der Waals surface area contributed by atoms with Crippen LogP contribution in [0.3, 0.4) is 0 Å². The summed E-state index contributed by atoms with van der Waals surface area (Å²) in [5.41, 5.74) is 2.36. The Morgan fingerprint density at radius 1 is 1.55 bits per heavy atom. The summed E-state index contributed by atoms with van der Waals surface area (Å²) in [7, 11) is 0. The summed E-state index contributed by atoms with van der Waals surface area (Å²) in [5, 5.41) is 7.13. The van der Waals surface area contributed by atoms with Crippen LogP contribution in [0, 0.1) is 6.92 Å². The van der Waals surface area contributed by atoms with Crippen LogP contribution in [0.1, 0.15) is 30.0 Å². The van der Waals surface area contributed by atoms with Crippen molar-refractivity contribution in [1.29, 1.82) is 0 Å². The van der Waals surface area contributed by atoms with Crippen LogP contribution in [-0.4, -0.2) is 43.6 Å². The third-order valence-corrected chi connectivity index (χ3v) is 3.96. The molecule has 1 fully saturated rings. The van der Waals surface area contributed by atoms with Crippen molar-refractivity contribution in [2.45, 2.75) is 32.2 Å². The minimum absolute atomic E-state index is 0.221. The third-order valence-electron chi connectivity index (χ3n) is 3.96. The van der Waals surface area contributed by atoms with Gasteiger partial charge >= 0.3 is 0 Å². The Kier molecular flexibility index (Phi) is 3.54. The van der Waals surface area contributed by atoms with E-state index in [1.165, 1.54) is 11.3 Å². The fraction of sp³-hybridized carbons (Fsp3) is 0.500. The predicted octanol–water partition coefficient (Wildman–Crippen LogP) is 1.32. The van der Waals surface area contributed by atoms with Crippen LogP contribution in [0.25, 0.3) is 0 Å². The molecule has 0 aliphatic carbocycles. The van der Waals surface area contributed by atoms with E-state index in [0.717, 1.165) is 19.5 Å². The predicted molar refractivity (Wildman–Crippen MR) is 74.1 cm³/mol. The van der Waals surface area contributed by atoms with E-state index in [1.807, 2.05) is 21.9 Å². The second-order valence-corrected chi connectivity index (χ2v) is 5.34. The number of aromatic amines is 1. The minimum Gasteiger partial charge on any atom is -0.342 e. The van der Waals surface area contributed by atoms with E-state index in [9.17, 15) is 4.79 Å². The van der Waals surface area contributed by atoms with E-state index in [1.54, 1.807) is 12.5 Å². The zero-order valence-corrected chi connectivity index (χ0v) is 11.6. The maximum atomic E-state index is 12.2. The van der Waals surface area contributed by atoms with Gasteiger partial charge in [-0.15, -0.1) is 0 Å². The number of hydrogen-bond donors (Lipinski definition) is 1. The first-order valence-electron chi connectivity index (χ1n) is 6.97. The first-order chi connectivity index (χ1) is 9.74. The van der Waals surface area contributed by atoms with Gasteiger partial charge in [0.15, 0.2) is 0 Å². The van der Waals surface area contributed by atoms with E-state index >= 15 is 0 Å². The highest BCUT2D eigenvalue weighted by Gasteiger charge is 2.28. The van der Waals surface area contributed by atoms with Crippen LogP contribution in [-0.2, 0) is 11.3 Å². The highest BCUT2D eigenvalue weighted by molar-refractivity contribution is 5.76. The number of carbonyl (C=O) groups excluding carboxylic acids is 1. The second kappa shape index (κ2) is 5.48. The van der Waals surface area contributed by atoms with Crippen LogP contribution in [0.4, 0.5) is 0 Å². The number of amides is 1. The summed E-state index contributed by atoms with van der Waals surface area (Å²) in [6.45, 7) is 4.39. The quantitative estimate of drug-likeness (QED) is 0.913. The number of imidazole rings is 1. The molecular formula is C14H19N5O. The van der Waals surface area contributed by atoms with Crippen molar-refractivity contribution < 1.29 is 4.79 Å². The Morgan fingerprint density at radius 3 is 3.15 bits per heavy atom. The van der Waals surface area contributed by atoms with Crippen LogP contribution < -0.4 is 0 Å². The van der Waals surface area contributed by atoms with Gasteiger partial charge in [-0.25, -0.2) is 4.98 Å². The van der Waals surface area contributed by atoms with Crippen molar-refractivity contribution in [3.05, 3.63) is 36.2 Å². The molecule has 6 nitrogen and oxygen atoms in total. The molecule has 1 aliphatic rings. The number of aromatic nitrogens is 4. The van der Waals surface area contributed by atoms with Crippen LogP contribution in [0.2, 0.25) is 0 Å². The maximum Gasteiger partial charge on any atom is 0.224 e. The summed E-state index contributed by atoms with van der Waals surface area (Å²) in [6, 6.07) is 0. The first kappa shape index (κ1) is 12.9. The molecule has 6 heteroatoms. The van der Waals surface area contributed by atoms with Crippen LogP contribution in [0.5, 0.6) is 0 Å². The molecule has 2 aromatic rings. The largest absolute Gasteiger partial charge is 0.342 e. The van der Waals surface area contributed by atoms with Gasteiger partial charge < -0.3 is 9.47 Å². The summed E-state index contributed by atoms with van der Waals surface area (Å²) in [5.74, 6) is 0.619. The molecular weight excluding hydrogens is 254 g/mol. The topological polar surface area (TPSA) is 66.8 Å². The molecule has 0 saturated carbocycles. The molecule has 1 atom stereocenters. The van der Waals surface area contributed by atoms with Gasteiger partial charge in [0.05, 0.1) is 12.5 Å². The van der Waals surface area contributed by atoms with Crippen LogP contribution in [0.15, 0.2) is 24.9 Å². The fourth-order valence-electron chi connectivity index (χ4n) is 2.79. The van der Waals surface area contributed by atoms with Crippen molar-refractivity contribution in [3.8, 4) is 0 Å². The first-order valence-corrected chi connectivity index (χ1v) is 6.97. The summed E-state index contributed by atoms with van der Waals surface area (Å²) < 4.78 is 1.94. The average Bonchev–Trinajstić information content (AvgIpc) is 3.16. The molecule has 1 N–H and O–H groups in total. The fourth-order valence-corrected chi connectivity index (χ4v) is 2.79. The summed E-state index contributed by atoms with van der Waals surface area (Å²) in [6.07, 6.45) is 8.75. The van der Waals surface area contributed by atoms with Gasteiger partial charge in [-0.2, -0.15) is 5.10 Å². The molecule has 1 aliphatic heterocycles. The van der Waals surface area contributed by atoms with Gasteiger partial charge in [0.25, 0.3) is 0 Å². The molecule has 0 unspecified atom stereocenters. The lowest BCUT2D eigenvalue weighted by molar-refractivity contribution is -0.130. The molecule has 0 aromatic carbocycles. The SMILES string of the molecule is Cc1cn[nH]c1[C@@H]1CCN(C(=O)CCn2ccnc2)C1. The number of likely N-dealkylation sites (tertiary alicyclic amines) is 1. The smallest absolute Gasteiger partial charge is 0.224 e. The molecule has 0 radical (unpaired) electrons. The minimum atomic E-state index is 0.221. The van der Waals surface area contributed by atoms with Gasteiger partial charge in [0.2, 0.25) is 5.91 Å². The Hall–Kier alpha value is -2.11. The molecule has 1 saturated heterocycles. The van der Waals surface area contributed by atoms with Crippen molar-refractivity contribution >= 4 is 5.91 Å². The van der Waals surface area contributed by atoms with Crippen LogP contribution >= 0.6 is 0 Å². The molecule has 1 amide bonds. The Balaban J connectivity index is 1.54. The molecule has 0 spiro atoms. The van der Waals surface area contributed by atoms with Gasteiger partial charge in [-0.3, -0.25) is 9.89 Å². The number of nitrogens with zero attached hydrogens (tertiary/aromatic N) is 4. The number of hydrogen-bond acceptors (Lipinski definition) is 3. The van der Waals surface area contributed by atoms with E-state index in [4.69, 9.17) is 0 Å². The number of H-pyrrole nitrogens is 1. The number of carbonyl (C=O) groups is 1. The lowest BCUT2D eigenvalue weighted by Crippen LogP contribution is -2.29. The molecule has 3 heterocycles.